The first-order valence-electron chi connectivity index (χ1n) is 6.52. The minimum absolute atomic E-state index is 0.785. The van der Waals surface area contributed by atoms with Gasteiger partial charge in [0.05, 0.1) is 11.9 Å². The molecule has 0 aliphatic heterocycles. The van der Waals surface area contributed by atoms with Crippen LogP contribution in [0.3, 0.4) is 0 Å². The summed E-state index contributed by atoms with van der Waals surface area (Å²) in [6.45, 7) is 0.785. The van der Waals surface area contributed by atoms with Gasteiger partial charge < -0.3 is 4.90 Å². The molecule has 0 saturated heterocycles. The molecule has 0 saturated carbocycles. The van der Waals surface area contributed by atoms with Crippen molar-refractivity contribution >= 4 is 5.82 Å². The smallest absolute Gasteiger partial charge is 0.151 e. The van der Waals surface area contributed by atoms with Gasteiger partial charge in [-0.2, -0.15) is 10.2 Å². The van der Waals surface area contributed by atoms with Crippen LogP contribution in [0.5, 0.6) is 0 Å². The van der Waals surface area contributed by atoms with Crippen molar-refractivity contribution < 1.29 is 0 Å². The van der Waals surface area contributed by atoms with Crippen LogP contribution in [-0.4, -0.2) is 27.0 Å². The molecule has 0 radical (unpaired) electrons. The second-order valence-corrected chi connectivity index (χ2v) is 4.88. The van der Waals surface area contributed by atoms with E-state index in [2.05, 4.69) is 38.4 Å². The monoisotopic (exact) mass is 267 g/mol. The van der Waals surface area contributed by atoms with E-state index >= 15 is 0 Å². The van der Waals surface area contributed by atoms with Gasteiger partial charge in [0.15, 0.2) is 5.82 Å². The Kier molecular flexibility index (Phi) is 3.25. The Bertz CT molecular complexity index is 683. The van der Waals surface area contributed by atoms with E-state index in [1.54, 1.807) is 0 Å². The number of aryl methyl sites for hydroxylation is 1. The van der Waals surface area contributed by atoms with Crippen molar-refractivity contribution in [3.63, 3.8) is 0 Å². The number of anilines is 1. The molecule has 0 unspecified atom stereocenters. The van der Waals surface area contributed by atoms with Gasteiger partial charge in [-0.05, 0) is 5.56 Å². The molecular weight excluding hydrogens is 250 g/mol. The van der Waals surface area contributed by atoms with Gasteiger partial charge in [0, 0.05) is 38.5 Å². The van der Waals surface area contributed by atoms with E-state index in [0.717, 1.165) is 23.6 Å². The average Bonchev–Trinajstić information content (AvgIpc) is 3.09. The number of hydrogen-bond donors (Lipinski definition) is 1. The maximum atomic E-state index is 4.37. The molecule has 1 aromatic carbocycles. The molecule has 20 heavy (non-hydrogen) atoms. The zero-order chi connectivity index (χ0) is 13.9. The Morgan fingerprint density at radius 3 is 2.75 bits per heavy atom. The van der Waals surface area contributed by atoms with Crippen LogP contribution in [0.4, 0.5) is 5.82 Å². The first-order chi connectivity index (χ1) is 9.72. The normalized spacial score (nSPS) is 10.7. The Labute approximate surface area is 117 Å². The number of hydrogen-bond acceptors (Lipinski definition) is 3. The highest BCUT2D eigenvalue weighted by Gasteiger charge is 2.08. The third-order valence-electron chi connectivity index (χ3n) is 3.22. The Morgan fingerprint density at radius 2 is 2.05 bits per heavy atom. The van der Waals surface area contributed by atoms with E-state index in [1.165, 1.54) is 5.56 Å². The molecule has 0 aliphatic rings. The molecule has 5 nitrogen and oxygen atoms in total. The molecule has 102 valence electrons. The summed E-state index contributed by atoms with van der Waals surface area (Å²) in [7, 11) is 3.95. The number of benzene rings is 1. The summed E-state index contributed by atoms with van der Waals surface area (Å²) in [5.41, 5.74) is 3.33. The molecule has 2 aromatic heterocycles. The molecule has 0 fully saturated rings. The first-order valence-corrected chi connectivity index (χ1v) is 6.52. The number of H-pyrrole nitrogens is 1. The van der Waals surface area contributed by atoms with E-state index < -0.39 is 0 Å². The Hall–Kier alpha value is -2.56. The van der Waals surface area contributed by atoms with Gasteiger partial charge in [-0.25, -0.2) is 0 Å². The van der Waals surface area contributed by atoms with Crippen LogP contribution in [0.15, 0.2) is 48.8 Å². The van der Waals surface area contributed by atoms with Crippen molar-refractivity contribution in [2.75, 3.05) is 11.9 Å². The van der Waals surface area contributed by atoms with Gasteiger partial charge >= 0.3 is 0 Å². The lowest BCUT2D eigenvalue weighted by molar-refractivity contribution is 0.766. The van der Waals surface area contributed by atoms with Crippen LogP contribution < -0.4 is 4.90 Å². The molecule has 0 aliphatic carbocycles. The third kappa shape index (κ3) is 2.56. The van der Waals surface area contributed by atoms with Crippen molar-refractivity contribution in [2.45, 2.75) is 6.54 Å². The molecule has 2 heterocycles. The van der Waals surface area contributed by atoms with Crippen molar-refractivity contribution in [1.29, 1.82) is 0 Å². The van der Waals surface area contributed by atoms with Gasteiger partial charge in [0.1, 0.15) is 0 Å². The summed E-state index contributed by atoms with van der Waals surface area (Å²) < 4.78 is 1.81. The van der Waals surface area contributed by atoms with Gasteiger partial charge in [-0.3, -0.25) is 9.78 Å². The predicted molar refractivity (Wildman–Crippen MR) is 79.3 cm³/mol. The first kappa shape index (κ1) is 12.5. The Morgan fingerprint density at radius 1 is 1.25 bits per heavy atom. The molecule has 5 heteroatoms. The number of nitrogens with zero attached hydrogens (tertiary/aromatic N) is 4. The molecule has 3 rings (SSSR count). The second-order valence-electron chi connectivity index (χ2n) is 4.88. The third-order valence-corrected chi connectivity index (χ3v) is 3.22. The summed E-state index contributed by atoms with van der Waals surface area (Å²) in [5, 5.41) is 11.6. The zero-order valence-electron chi connectivity index (χ0n) is 11.6. The number of aromatic nitrogens is 4. The van der Waals surface area contributed by atoms with Crippen LogP contribution >= 0.6 is 0 Å². The minimum Gasteiger partial charge on any atom is -0.354 e. The van der Waals surface area contributed by atoms with E-state index in [4.69, 9.17) is 0 Å². The molecular formula is C15H17N5. The quantitative estimate of drug-likeness (QED) is 0.790. The van der Waals surface area contributed by atoms with Gasteiger partial charge in [-0.1, -0.05) is 30.3 Å². The van der Waals surface area contributed by atoms with Crippen LogP contribution in [0, 0.1) is 0 Å². The van der Waals surface area contributed by atoms with E-state index in [0.29, 0.717) is 0 Å². The highest BCUT2D eigenvalue weighted by Crippen LogP contribution is 2.21. The lowest BCUT2D eigenvalue weighted by atomic mass is 10.1. The fourth-order valence-electron chi connectivity index (χ4n) is 2.18. The minimum atomic E-state index is 0.785. The van der Waals surface area contributed by atoms with Gasteiger partial charge in [-0.15, -0.1) is 0 Å². The standard InChI is InChI=1S/C15H17N5/c1-19(10-12-9-16-20(2)11-12)15-8-14(17-18-15)13-6-4-3-5-7-13/h3-9,11H,10H2,1-2H3,(H,17,18). The maximum Gasteiger partial charge on any atom is 0.151 e. The van der Waals surface area contributed by atoms with Crippen LogP contribution in [0.25, 0.3) is 11.3 Å². The van der Waals surface area contributed by atoms with Crippen LogP contribution in [0.2, 0.25) is 0 Å². The summed E-state index contributed by atoms with van der Waals surface area (Å²) in [6.07, 6.45) is 3.89. The van der Waals surface area contributed by atoms with Crippen LogP contribution in [-0.2, 0) is 13.6 Å². The van der Waals surface area contributed by atoms with Crippen LogP contribution in [0.1, 0.15) is 5.56 Å². The van der Waals surface area contributed by atoms with E-state index in [9.17, 15) is 0 Å². The molecule has 0 bridgehead atoms. The van der Waals surface area contributed by atoms with Gasteiger partial charge in [0.2, 0.25) is 0 Å². The van der Waals surface area contributed by atoms with Crippen molar-refractivity contribution in [1.82, 2.24) is 20.0 Å². The molecule has 0 atom stereocenters. The van der Waals surface area contributed by atoms with Crippen molar-refractivity contribution in [2.24, 2.45) is 7.05 Å². The second kappa shape index (κ2) is 5.21. The summed E-state index contributed by atoms with van der Waals surface area (Å²) >= 11 is 0. The molecule has 1 N–H and O–H groups in total. The summed E-state index contributed by atoms with van der Waals surface area (Å²) in [5.74, 6) is 0.924. The molecule has 0 amide bonds. The largest absolute Gasteiger partial charge is 0.354 e. The topological polar surface area (TPSA) is 49.7 Å². The predicted octanol–water partition coefficient (Wildman–Crippen LogP) is 2.45. The zero-order valence-corrected chi connectivity index (χ0v) is 11.6. The van der Waals surface area contributed by atoms with E-state index in [-0.39, 0.29) is 0 Å². The highest BCUT2D eigenvalue weighted by atomic mass is 15.3. The summed E-state index contributed by atoms with van der Waals surface area (Å²) in [4.78, 5) is 2.10. The maximum absolute atomic E-state index is 4.37. The molecule has 0 spiro atoms. The number of rotatable bonds is 4. The Balaban J connectivity index is 1.76. The lowest BCUT2D eigenvalue weighted by Crippen LogP contribution is -2.16. The fourth-order valence-corrected chi connectivity index (χ4v) is 2.18. The number of aromatic amines is 1. The van der Waals surface area contributed by atoms with Crippen molar-refractivity contribution in [3.8, 4) is 11.3 Å². The fraction of sp³-hybridized carbons (Fsp3) is 0.200. The molecule has 3 aromatic rings. The van der Waals surface area contributed by atoms with E-state index in [1.807, 2.05) is 49.4 Å². The average molecular weight is 267 g/mol. The number of nitrogens with one attached hydrogen (secondary N) is 1. The summed E-state index contributed by atoms with van der Waals surface area (Å²) in [6, 6.07) is 12.3. The van der Waals surface area contributed by atoms with Crippen molar-refractivity contribution in [3.05, 3.63) is 54.4 Å². The lowest BCUT2D eigenvalue weighted by Gasteiger charge is -2.14. The van der Waals surface area contributed by atoms with Gasteiger partial charge in [0.25, 0.3) is 0 Å². The highest BCUT2D eigenvalue weighted by molar-refractivity contribution is 5.62. The SMILES string of the molecule is CN(Cc1cnn(C)c1)c1cc(-c2ccccc2)[nH]n1.